The van der Waals surface area contributed by atoms with Crippen molar-refractivity contribution in [1.82, 2.24) is 10.2 Å². The van der Waals surface area contributed by atoms with E-state index < -0.39 is 11.8 Å². The van der Waals surface area contributed by atoms with Gasteiger partial charge in [-0.3, -0.25) is 9.59 Å². The van der Waals surface area contributed by atoms with Crippen LogP contribution in [0.4, 0.5) is 11.4 Å². The highest BCUT2D eigenvalue weighted by atomic mass is 16.2. The third kappa shape index (κ3) is 5.82. The number of hydrogen-bond donors (Lipinski definition) is 2. The number of anilines is 2. The van der Waals surface area contributed by atoms with Gasteiger partial charge in [-0.05, 0) is 56.4 Å². The Morgan fingerprint density at radius 3 is 2.19 bits per heavy atom. The lowest BCUT2D eigenvalue weighted by atomic mass is 10.1. The van der Waals surface area contributed by atoms with Gasteiger partial charge in [0, 0.05) is 32.0 Å². The number of nitrogens with zero attached hydrogens (tertiary/aromatic N) is 2. The molecule has 0 aromatic heterocycles. The van der Waals surface area contributed by atoms with Crippen molar-refractivity contribution in [3.8, 4) is 0 Å². The zero-order valence-electron chi connectivity index (χ0n) is 16.6. The van der Waals surface area contributed by atoms with E-state index in [0.29, 0.717) is 12.2 Å². The second kappa shape index (κ2) is 9.19. The molecular formula is C21H28N4O2. The van der Waals surface area contributed by atoms with Crippen LogP contribution >= 0.6 is 0 Å². The molecule has 2 aromatic carbocycles. The summed E-state index contributed by atoms with van der Waals surface area (Å²) in [6, 6.07) is 15.5. The van der Waals surface area contributed by atoms with Gasteiger partial charge in [0.2, 0.25) is 0 Å². The summed E-state index contributed by atoms with van der Waals surface area (Å²) in [6.07, 6.45) is 0. The molecule has 0 saturated heterocycles. The van der Waals surface area contributed by atoms with E-state index in [9.17, 15) is 9.59 Å². The molecule has 2 aromatic rings. The molecule has 27 heavy (non-hydrogen) atoms. The molecule has 0 aliphatic rings. The zero-order valence-corrected chi connectivity index (χ0v) is 16.6. The molecule has 0 aliphatic carbocycles. The molecule has 2 amide bonds. The summed E-state index contributed by atoms with van der Waals surface area (Å²) in [5, 5.41) is 5.36. The van der Waals surface area contributed by atoms with Gasteiger partial charge in [-0.25, -0.2) is 0 Å². The number of likely N-dealkylation sites (N-methyl/N-ethyl adjacent to an activating group) is 1. The van der Waals surface area contributed by atoms with E-state index in [1.807, 2.05) is 87.4 Å². The minimum atomic E-state index is -0.666. The SMILES string of the molecule is Cc1cccc(NC(=O)C(=O)NCC(c2ccc(N(C)C)cc2)N(C)C)c1. The van der Waals surface area contributed by atoms with Crippen LogP contribution in [0.5, 0.6) is 0 Å². The van der Waals surface area contributed by atoms with Crippen LogP contribution in [0.2, 0.25) is 0 Å². The van der Waals surface area contributed by atoms with E-state index in [1.165, 1.54) is 0 Å². The quantitative estimate of drug-likeness (QED) is 0.769. The Hall–Kier alpha value is -2.86. The fourth-order valence-electron chi connectivity index (χ4n) is 2.77. The first kappa shape index (κ1) is 20.5. The van der Waals surface area contributed by atoms with Crippen molar-refractivity contribution < 1.29 is 9.59 Å². The van der Waals surface area contributed by atoms with Crippen LogP contribution in [-0.2, 0) is 9.59 Å². The molecule has 0 aliphatic heterocycles. The topological polar surface area (TPSA) is 64.7 Å². The van der Waals surface area contributed by atoms with Crippen molar-refractivity contribution in [2.45, 2.75) is 13.0 Å². The minimum absolute atomic E-state index is 0.0306. The molecule has 1 atom stereocenters. The van der Waals surface area contributed by atoms with Gasteiger partial charge in [0.25, 0.3) is 0 Å². The van der Waals surface area contributed by atoms with Gasteiger partial charge >= 0.3 is 11.8 Å². The molecule has 6 nitrogen and oxygen atoms in total. The monoisotopic (exact) mass is 368 g/mol. The Morgan fingerprint density at radius 2 is 1.63 bits per heavy atom. The van der Waals surface area contributed by atoms with E-state index in [-0.39, 0.29) is 6.04 Å². The van der Waals surface area contributed by atoms with Crippen LogP contribution in [0.25, 0.3) is 0 Å². The van der Waals surface area contributed by atoms with Crippen molar-refractivity contribution in [3.05, 3.63) is 59.7 Å². The van der Waals surface area contributed by atoms with Gasteiger partial charge in [-0.1, -0.05) is 24.3 Å². The van der Waals surface area contributed by atoms with Crippen LogP contribution in [0, 0.1) is 6.92 Å². The Kier molecular flexibility index (Phi) is 6.96. The van der Waals surface area contributed by atoms with Crippen molar-refractivity contribution in [2.24, 2.45) is 0 Å². The van der Waals surface area contributed by atoms with Gasteiger partial charge in [-0.2, -0.15) is 0 Å². The van der Waals surface area contributed by atoms with Crippen molar-refractivity contribution >= 4 is 23.2 Å². The molecular weight excluding hydrogens is 340 g/mol. The molecule has 1 unspecified atom stereocenters. The summed E-state index contributed by atoms with van der Waals surface area (Å²) < 4.78 is 0. The van der Waals surface area contributed by atoms with E-state index in [2.05, 4.69) is 10.6 Å². The summed E-state index contributed by atoms with van der Waals surface area (Å²) in [7, 11) is 7.88. The summed E-state index contributed by atoms with van der Waals surface area (Å²) in [5.41, 5.74) is 3.81. The van der Waals surface area contributed by atoms with E-state index in [4.69, 9.17) is 0 Å². The number of benzene rings is 2. The van der Waals surface area contributed by atoms with Crippen molar-refractivity contribution in [3.63, 3.8) is 0 Å². The normalized spacial score (nSPS) is 11.8. The summed E-state index contributed by atoms with van der Waals surface area (Å²) in [6.45, 7) is 2.27. The maximum atomic E-state index is 12.2. The second-order valence-electron chi connectivity index (χ2n) is 7.00. The molecule has 2 rings (SSSR count). The maximum Gasteiger partial charge on any atom is 0.313 e. The summed E-state index contributed by atoms with van der Waals surface area (Å²) >= 11 is 0. The molecule has 0 spiro atoms. The van der Waals surface area contributed by atoms with Gasteiger partial charge in [0.15, 0.2) is 0 Å². The number of rotatable bonds is 6. The largest absolute Gasteiger partial charge is 0.378 e. The first-order valence-corrected chi connectivity index (χ1v) is 8.87. The fourth-order valence-corrected chi connectivity index (χ4v) is 2.77. The number of carbonyl (C=O) groups excluding carboxylic acids is 2. The lowest BCUT2D eigenvalue weighted by molar-refractivity contribution is -0.136. The van der Waals surface area contributed by atoms with Crippen molar-refractivity contribution in [1.29, 1.82) is 0 Å². The van der Waals surface area contributed by atoms with Gasteiger partial charge in [0.1, 0.15) is 0 Å². The van der Waals surface area contributed by atoms with Gasteiger partial charge in [0.05, 0.1) is 6.04 Å². The first-order valence-electron chi connectivity index (χ1n) is 8.87. The van der Waals surface area contributed by atoms with Crippen LogP contribution in [0.15, 0.2) is 48.5 Å². The number of nitrogens with one attached hydrogen (secondary N) is 2. The summed E-state index contributed by atoms with van der Waals surface area (Å²) in [5.74, 6) is -1.31. The second-order valence-corrected chi connectivity index (χ2v) is 7.00. The van der Waals surface area contributed by atoms with Crippen LogP contribution in [-0.4, -0.2) is 51.4 Å². The van der Waals surface area contributed by atoms with Crippen LogP contribution < -0.4 is 15.5 Å². The lowest BCUT2D eigenvalue weighted by Gasteiger charge is -2.25. The maximum absolute atomic E-state index is 12.2. The van der Waals surface area contributed by atoms with Gasteiger partial charge in [-0.15, -0.1) is 0 Å². The van der Waals surface area contributed by atoms with Crippen LogP contribution in [0.3, 0.4) is 0 Å². The highest BCUT2D eigenvalue weighted by Crippen LogP contribution is 2.21. The average molecular weight is 368 g/mol. The summed E-state index contributed by atoms with van der Waals surface area (Å²) in [4.78, 5) is 28.4. The molecule has 0 heterocycles. The Bertz CT molecular complexity index is 785. The number of hydrogen-bond acceptors (Lipinski definition) is 4. The fraction of sp³-hybridized carbons (Fsp3) is 0.333. The molecule has 144 valence electrons. The number of carbonyl (C=O) groups is 2. The average Bonchev–Trinajstić information content (AvgIpc) is 2.61. The Labute approximate surface area is 161 Å². The highest BCUT2D eigenvalue weighted by molar-refractivity contribution is 6.39. The molecule has 0 bridgehead atoms. The molecule has 0 fully saturated rings. The molecule has 0 saturated carbocycles. The molecule has 2 N–H and O–H groups in total. The highest BCUT2D eigenvalue weighted by Gasteiger charge is 2.19. The number of aryl methyl sites for hydroxylation is 1. The van der Waals surface area contributed by atoms with Crippen molar-refractivity contribution in [2.75, 3.05) is 45.0 Å². The third-order valence-electron chi connectivity index (χ3n) is 4.36. The minimum Gasteiger partial charge on any atom is -0.378 e. The van der Waals surface area contributed by atoms with E-state index in [0.717, 1.165) is 16.8 Å². The Morgan fingerprint density at radius 1 is 0.963 bits per heavy atom. The first-order chi connectivity index (χ1) is 12.8. The predicted octanol–water partition coefficient (Wildman–Crippen LogP) is 2.42. The molecule has 0 radical (unpaired) electrons. The van der Waals surface area contributed by atoms with Crippen LogP contribution in [0.1, 0.15) is 17.2 Å². The molecule has 6 heteroatoms. The smallest absolute Gasteiger partial charge is 0.313 e. The lowest BCUT2D eigenvalue weighted by Crippen LogP contribution is -2.40. The zero-order chi connectivity index (χ0) is 20.0. The van der Waals surface area contributed by atoms with E-state index >= 15 is 0 Å². The Balaban J connectivity index is 1.98. The number of amides is 2. The standard InChI is InChI=1S/C21H28N4O2/c1-15-7-6-8-17(13-15)23-21(27)20(26)22-14-19(25(4)5)16-9-11-18(12-10-16)24(2)3/h6-13,19H,14H2,1-5H3,(H,22,26)(H,23,27). The van der Waals surface area contributed by atoms with E-state index in [1.54, 1.807) is 6.07 Å². The predicted molar refractivity (Wildman–Crippen MR) is 110 cm³/mol. The third-order valence-corrected chi connectivity index (χ3v) is 4.36. The van der Waals surface area contributed by atoms with Gasteiger partial charge < -0.3 is 20.4 Å².